The van der Waals surface area contributed by atoms with Gasteiger partial charge < -0.3 is 9.88 Å². The summed E-state index contributed by atoms with van der Waals surface area (Å²) >= 11 is 3.48. The zero-order valence-electron chi connectivity index (χ0n) is 10.7. The summed E-state index contributed by atoms with van der Waals surface area (Å²) in [5.41, 5.74) is 1.14. The minimum atomic E-state index is 0.105. The Morgan fingerprint density at radius 2 is 2.00 bits per heavy atom. The molecular weight excluding hydrogens is 304 g/mol. The summed E-state index contributed by atoms with van der Waals surface area (Å²) in [7, 11) is 0. The average molecular weight is 321 g/mol. The van der Waals surface area contributed by atoms with Gasteiger partial charge in [-0.3, -0.25) is 4.79 Å². The molecule has 1 aliphatic heterocycles. The van der Waals surface area contributed by atoms with Crippen LogP contribution in [0.3, 0.4) is 0 Å². The third-order valence-electron chi connectivity index (χ3n) is 3.85. The molecule has 3 rings (SSSR count). The molecule has 0 saturated carbocycles. The predicted molar refractivity (Wildman–Crippen MR) is 81.5 cm³/mol. The van der Waals surface area contributed by atoms with Crippen LogP contribution >= 0.6 is 15.9 Å². The summed E-state index contributed by atoms with van der Waals surface area (Å²) in [5.74, 6) is 0.605. The van der Waals surface area contributed by atoms with Crippen LogP contribution < -0.4 is 10.9 Å². The molecule has 0 radical (unpaired) electrons. The summed E-state index contributed by atoms with van der Waals surface area (Å²) in [6.07, 6.45) is 2.30. The van der Waals surface area contributed by atoms with Crippen molar-refractivity contribution in [2.45, 2.75) is 19.4 Å². The average Bonchev–Trinajstić information content (AvgIpc) is 2.43. The van der Waals surface area contributed by atoms with E-state index in [2.05, 4.69) is 27.3 Å². The second-order valence-corrected chi connectivity index (χ2v) is 6.09. The molecule has 19 heavy (non-hydrogen) atoms. The van der Waals surface area contributed by atoms with Crippen LogP contribution in [0.5, 0.6) is 0 Å². The Morgan fingerprint density at radius 3 is 2.79 bits per heavy atom. The fourth-order valence-corrected chi connectivity index (χ4v) is 3.16. The lowest BCUT2D eigenvalue weighted by molar-refractivity contribution is 0.334. The maximum absolute atomic E-state index is 12.1. The summed E-state index contributed by atoms with van der Waals surface area (Å²) in [6, 6.07) is 9.67. The molecule has 1 aromatic carbocycles. The van der Waals surface area contributed by atoms with Gasteiger partial charge in [-0.1, -0.05) is 15.9 Å². The highest BCUT2D eigenvalue weighted by molar-refractivity contribution is 9.10. The molecule has 3 nitrogen and oxygen atoms in total. The normalized spacial score (nSPS) is 16.9. The summed E-state index contributed by atoms with van der Waals surface area (Å²) < 4.78 is 2.98. The molecule has 0 unspecified atom stereocenters. The second kappa shape index (κ2) is 5.47. The van der Waals surface area contributed by atoms with Crippen LogP contribution in [0.1, 0.15) is 12.8 Å². The molecule has 0 amide bonds. The molecule has 1 saturated heterocycles. The minimum absolute atomic E-state index is 0.105. The molecule has 0 atom stereocenters. The van der Waals surface area contributed by atoms with Gasteiger partial charge in [-0.15, -0.1) is 0 Å². The molecule has 0 aliphatic carbocycles. The molecule has 100 valence electrons. The fraction of sp³-hybridized carbons (Fsp3) is 0.400. The minimum Gasteiger partial charge on any atom is -0.317 e. The van der Waals surface area contributed by atoms with E-state index >= 15 is 0 Å². The van der Waals surface area contributed by atoms with Crippen LogP contribution in [0.15, 0.2) is 39.6 Å². The standard InChI is InChI=1S/C15H17BrN2O/c16-13-2-3-14-12(9-13)1-4-15(19)18(14)10-11-5-7-17-8-6-11/h1-4,9,11,17H,5-8,10H2. The van der Waals surface area contributed by atoms with E-state index in [1.165, 1.54) is 0 Å². The summed E-state index contributed by atoms with van der Waals surface area (Å²) in [6.45, 7) is 2.96. The predicted octanol–water partition coefficient (Wildman–Crippen LogP) is 2.76. The van der Waals surface area contributed by atoms with Crippen molar-refractivity contribution in [2.24, 2.45) is 5.92 Å². The first-order valence-corrected chi connectivity index (χ1v) is 7.53. The molecule has 4 heteroatoms. The number of fused-ring (bicyclic) bond motifs is 1. The second-order valence-electron chi connectivity index (χ2n) is 5.18. The first-order chi connectivity index (χ1) is 9.24. The Morgan fingerprint density at radius 1 is 1.21 bits per heavy atom. The Bertz CT molecular complexity index is 644. The van der Waals surface area contributed by atoms with Gasteiger partial charge in [0.25, 0.3) is 5.56 Å². The molecule has 1 aliphatic rings. The van der Waals surface area contributed by atoms with Gasteiger partial charge in [-0.25, -0.2) is 0 Å². The molecule has 2 heterocycles. The lowest BCUT2D eigenvalue weighted by Crippen LogP contribution is -2.32. The molecule has 2 aromatic rings. The third-order valence-corrected chi connectivity index (χ3v) is 4.34. The van der Waals surface area contributed by atoms with Gasteiger partial charge in [0.2, 0.25) is 0 Å². The Hall–Kier alpha value is -1.13. The maximum atomic E-state index is 12.1. The number of halogens is 1. The SMILES string of the molecule is O=c1ccc2cc(Br)ccc2n1CC1CCNCC1. The highest BCUT2D eigenvalue weighted by Crippen LogP contribution is 2.20. The van der Waals surface area contributed by atoms with Gasteiger partial charge in [-0.05, 0) is 61.5 Å². The lowest BCUT2D eigenvalue weighted by Gasteiger charge is -2.24. The van der Waals surface area contributed by atoms with Crippen LogP contribution in [0.2, 0.25) is 0 Å². The van der Waals surface area contributed by atoms with Crippen molar-refractivity contribution in [1.29, 1.82) is 0 Å². The van der Waals surface area contributed by atoms with Crippen LogP contribution in [-0.4, -0.2) is 17.7 Å². The number of rotatable bonds is 2. The molecule has 0 bridgehead atoms. The zero-order valence-corrected chi connectivity index (χ0v) is 12.3. The van der Waals surface area contributed by atoms with Crippen LogP contribution in [0.25, 0.3) is 10.9 Å². The fourth-order valence-electron chi connectivity index (χ4n) is 2.79. The summed E-state index contributed by atoms with van der Waals surface area (Å²) in [4.78, 5) is 12.1. The van der Waals surface area contributed by atoms with Gasteiger partial charge in [0.1, 0.15) is 0 Å². The largest absolute Gasteiger partial charge is 0.317 e. The number of benzene rings is 1. The van der Waals surface area contributed by atoms with Crippen LogP contribution in [-0.2, 0) is 6.54 Å². The number of piperidine rings is 1. The van der Waals surface area contributed by atoms with Crippen LogP contribution in [0, 0.1) is 5.92 Å². The number of aromatic nitrogens is 1. The molecule has 1 N–H and O–H groups in total. The molecular formula is C15H17BrN2O. The maximum Gasteiger partial charge on any atom is 0.251 e. The van der Waals surface area contributed by atoms with Gasteiger partial charge in [0, 0.05) is 17.1 Å². The number of hydrogen-bond acceptors (Lipinski definition) is 2. The Balaban J connectivity index is 2.01. The van der Waals surface area contributed by atoms with Gasteiger partial charge in [-0.2, -0.15) is 0 Å². The van der Waals surface area contributed by atoms with Crippen molar-refractivity contribution in [1.82, 2.24) is 9.88 Å². The van der Waals surface area contributed by atoms with Crippen LogP contribution in [0.4, 0.5) is 0 Å². The smallest absolute Gasteiger partial charge is 0.251 e. The van der Waals surface area contributed by atoms with Crippen molar-refractivity contribution in [2.75, 3.05) is 13.1 Å². The lowest BCUT2D eigenvalue weighted by atomic mass is 9.98. The number of hydrogen-bond donors (Lipinski definition) is 1. The highest BCUT2D eigenvalue weighted by atomic mass is 79.9. The first kappa shape index (κ1) is 12.9. The van der Waals surface area contributed by atoms with E-state index in [0.717, 1.165) is 47.9 Å². The Labute approximate surface area is 120 Å². The van der Waals surface area contributed by atoms with Crippen molar-refractivity contribution in [3.8, 4) is 0 Å². The zero-order chi connectivity index (χ0) is 13.2. The van der Waals surface area contributed by atoms with Crippen molar-refractivity contribution >= 4 is 26.8 Å². The van der Waals surface area contributed by atoms with Crippen molar-refractivity contribution in [3.05, 3.63) is 45.2 Å². The highest BCUT2D eigenvalue weighted by Gasteiger charge is 2.15. The number of nitrogens with zero attached hydrogens (tertiary/aromatic N) is 1. The molecule has 0 spiro atoms. The van der Waals surface area contributed by atoms with E-state index in [9.17, 15) is 4.79 Å². The van der Waals surface area contributed by atoms with Gasteiger partial charge >= 0.3 is 0 Å². The Kier molecular flexibility index (Phi) is 3.71. The van der Waals surface area contributed by atoms with Crippen molar-refractivity contribution < 1.29 is 0 Å². The number of nitrogens with one attached hydrogen (secondary N) is 1. The van der Waals surface area contributed by atoms with E-state index in [0.29, 0.717) is 5.92 Å². The number of pyridine rings is 1. The van der Waals surface area contributed by atoms with E-state index < -0.39 is 0 Å². The van der Waals surface area contributed by atoms with Crippen molar-refractivity contribution in [3.63, 3.8) is 0 Å². The van der Waals surface area contributed by atoms with Gasteiger partial charge in [0.05, 0.1) is 5.52 Å². The molecule has 1 fully saturated rings. The first-order valence-electron chi connectivity index (χ1n) is 6.74. The summed E-state index contributed by atoms with van der Waals surface area (Å²) in [5, 5.41) is 4.48. The van der Waals surface area contributed by atoms with E-state index in [1.54, 1.807) is 6.07 Å². The molecule has 1 aromatic heterocycles. The van der Waals surface area contributed by atoms with Gasteiger partial charge in [0.15, 0.2) is 0 Å². The topological polar surface area (TPSA) is 34.0 Å². The monoisotopic (exact) mass is 320 g/mol. The van der Waals surface area contributed by atoms with E-state index in [4.69, 9.17) is 0 Å². The van der Waals surface area contributed by atoms with E-state index in [-0.39, 0.29) is 5.56 Å². The third kappa shape index (κ3) is 2.74. The van der Waals surface area contributed by atoms with E-state index in [1.807, 2.05) is 22.8 Å². The quantitative estimate of drug-likeness (QED) is 0.923.